The molecule has 3 atom stereocenters. The topological polar surface area (TPSA) is 95.9 Å². The minimum absolute atomic E-state index is 0.120. The van der Waals surface area contributed by atoms with E-state index in [2.05, 4.69) is 5.32 Å². The summed E-state index contributed by atoms with van der Waals surface area (Å²) >= 11 is 0.674. The lowest BCUT2D eigenvalue weighted by molar-refractivity contribution is -0.151. The fourth-order valence-corrected chi connectivity index (χ4v) is 4.19. The number of carboxylic acids is 1. The van der Waals surface area contributed by atoms with Crippen molar-refractivity contribution in [1.82, 2.24) is 10.2 Å². The van der Waals surface area contributed by atoms with Crippen LogP contribution in [0, 0.1) is 0 Å². The number of ether oxygens (including phenoxy) is 1. The molecule has 2 heterocycles. The Hall–Kier alpha value is -1.56. The van der Waals surface area contributed by atoms with Gasteiger partial charge in [-0.25, -0.2) is 4.79 Å². The average molecular weight is 386 g/mol. The molecular formula is C12H13F3N2O5S2. The van der Waals surface area contributed by atoms with Gasteiger partial charge < -0.3 is 15.2 Å². The van der Waals surface area contributed by atoms with Crippen molar-refractivity contribution in [2.45, 2.75) is 29.1 Å². The lowest BCUT2D eigenvalue weighted by atomic mass is 10.0. The minimum atomic E-state index is -4.55. The first-order valence-corrected chi connectivity index (χ1v) is 8.49. The van der Waals surface area contributed by atoms with Crippen LogP contribution in [0.15, 0.2) is 11.5 Å². The molecule has 24 heavy (non-hydrogen) atoms. The van der Waals surface area contributed by atoms with Crippen LogP contribution >= 0.6 is 23.5 Å². The molecule has 134 valence electrons. The molecule has 0 bridgehead atoms. The molecular weight excluding hydrogens is 373 g/mol. The normalized spacial score (nSPS) is 26.6. The second-order valence-electron chi connectivity index (χ2n) is 4.88. The standard InChI is InChI=1S/C12H13F3N2O5S2/c1-4-8(22-2)7(11(20)21)17-9(19)6(10(17)24-4)16-5(18)3-23-12(13,14)15/h4,6,10H,3H2,1-2H3,(H,16,18)(H,20,21)/t4?,6?,10-/m1/s1. The van der Waals surface area contributed by atoms with Gasteiger partial charge in [-0.15, -0.1) is 11.8 Å². The van der Waals surface area contributed by atoms with Gasteiger partial charge >= 0.3 is 11.5 Å². The van der Waals surface area contributed by atoms with Crippen LogP contribution in [0.1, 0.15) is 6.92 Å². The van der Waals surface area contributed by atoms with Gasteiger partial charge in [-0.1, -0.05) is 0 Å². The Morgan fingerprint density at radius 3 is 2.58 bits per heavy atom. The average Bonchev–Trinajstić information content (AvgIpc) is 2.48. The smallest absolute Gasteiger partial charge is 0.442 e. The van der Waals surface area contributed by atoms with Crippen molar-refractivity contribution in [2.75, 3.05) is 12.9 Å². The molecule has 7 nitrogen and oxygen atoms in total. The van der Waals surface area contributed by atoms with Crippen LogP contribution in [0.3, 0.4) is 0 Å². The Morgan fingerprint density at radius 1 is 1.46 bits per heavy atom. The third-order valence-corrected chi connectivity index (χ3v) is 5.45. The van der Waals surface area contributed by atoms with Crippen molar-refractivity contribution < 1.29 is 37.4 Å². The van der Waals surface area contributed by atoms with Crippen molar-refractivity contribution >= 4 is 41.3 Å². The number of hydrogen-bond donors (Lipinski definition) is 2. The SMILES string of the molecule is COC1=C(C(=O)O)N2C(=O)C(NC(=O)CSC(F)(F)F)[C@H]2SC1C. The van der Waals surface area contributed by atoms with Gasteiger partial charge in [0.2, 0.25) is 5.91 Å². The number of hydrogen-bond acceptors (Lipinski definition) is 6. The van der Waals surface area contributed by atoms with Gasteiger partial charge in [0.25, 0.3) is 5.91 Å². The lowest BCUT2D eigenvalue weighted by Crippen LogP contribution is -2.71. The number of nitrogens with zero attached hydrogens (tertiary/aromatic N) is 1. The maximum absolute atomic E-state index is 12.1. The molecule has 0 aromatic carbocycles. The number of alkyl halides is 3. The van der Waals surface area contributed by atoms with Crippen LogP contribution in [-0.2, 0) is 19.1 Å². The number of carbonyl (C=O) groups is 3. The number of methoxy groups -OCH3 is 1. The van der Waals surface area contributed by atoms with Crippen molar-refractivity contribution in [1.29, 1.82) is 0 Å². The summed E-state index contributed by atoms with van der Waals surface area (Å²) in [5.41, 5.74) is -4.86. The van der Waals surface area contributed by atoms with E-state index in [-0.39, 0.29) is 16.7 Å². The number of fused-ring (bicyclic) bond motifs is 1. The summed E-state index contributed by atoms with van der Waals surface area (Å²) in [5, 5.41) is 10.4. The summed E-state index contributed by atoms with van der Waals surface area (Å²) in [7, 11) is 1.29. The van der Waals surface area contributed by atoms with E-state index >= 15 is 0 Å². The fourth-order valence-electron chi connectivity index (χ4n) is 2.39. The number of β-lactam (4-membered cyclic amide) rings is 1. The summed E-state index contributed by atoms with van der Waals surface area (Å²) in [5.74, 6) is -3.74. The zero-order valence-corrected chi connectivity index (χ0v) is 14.0. The van der Waals surface area contributed by atoms with Crippen molar-refractivity contribution in [2.24, 2.45) is 0 Å². The number of thioether (sulfide) groups is 2. The van der Waals surface area contributed by atoms with Gasteiger partial charge in [0, 0.05) is 0 Å². The predicted molar refractivity (Wildman–Crippen MR) is 79.8 cm³/mol. The number of aliphatic carboxylic acids is 1. The van der Waals surface area contributed by atoms with E-state index in [0.29, 0.717) is 0 Å². The molecule has 2 aliphatic rings. The molecule has 0 aliphatic carbocycles. The number of rotatable bonds is 5. The van der Waals surface area contributed by atoms with Gasteiger partial charge in [0.1, 0.15) is 17.2 Å². The van der Waals surface area contributed by atoms with E-state index in [1.54, 1.807) is 6.92 Å². The molecule has 2 rings (SSSR count). The highest BCUT2D eigenvalue weighted by Crippen LogP contribution is 2.44. The first-order valence-electron chi connectivity index (χ1n) is 6.57. The number of carboxylic acid groups (broad SMARTS) is 1. The summed E-state index contributed by atoms with van der Waals surface area (Å²) in [6.07, 6.45) is 0. The van der Waals surface area contributed by atoms with E-state index < -0.39 is 52.2 Å². The van der Waals surface area contributed by atoms with Gasteiger partial charge in [0.05, 0.1) is 18.1 Å². The number of amides is 2. The van der Waals surface area contributed by atoms with E-state index in [1.165, 1.54) is 18.9 Å². The molecule has 2 aliphatic heterocycles. The highest BCUT2D eigenvalue weighted by atomic mass is 32.2. The number of nitrogens with one attached hydrogen (secondary N) is 1. The third kappa shape index (κ3) is 3.58. The molecule has 0 saturated carbocycles. The molecule has 0 radical (unpaired) electrons. The highest BCUT2D eigenvalue weighted by Gasteiger charge is 2.56. The van der Waals surface area contributed by atoms with E-state index in [0.717, 1.165) is 4.90 Å². The molecule has 0 spiro atoms. The molecule has 2 amide bonds. The quantitative estimate of drug-likeness (QED) is 0.680. The van der Waals surface area contributed by atoms with Crippen LogP contribution in [-0.4, -0.2) is 62.8 Å². The molecule has 0 aromatic rings. The summed E-state index contributed by atoms with van der Waals surface area (Å²) in [6, 6.07) is -1.06. The van der Waals surface area contributed by atoms with Crippen molar-refractivity contribution in [3.8, 4) is 0 Å². The van der Waals surface area contributed by atoms with Gasteiger partial charge in [-0.05, 0) is 18.7 Å². The first kappa shape index (κ1) is 18.8. The molecule has 2 unspecified atom stereocenters. The lowest BCUT2D eigenvalue weighted by Gasteiger charge is -2.50. The van der Waals surface area contributed by atoms with E-state index in [9.17, 15) is 32.7 Å². The molecule has 1 fully saturated rings. The predicted octanol–water partition coefficient (Wildman–Crippen LogP) is 0.970. The van der Waals surface area contributed by atoms with Crippen LogP contribution in [0.2, 0.25) is 0 Å². The third-order valence-electron chi connectivity index (χ3n) is 3.34. The summed E-state index contributed by atoms with van der Waals surface area (Å²) < 4.78 is 41.3. The van der Waals surface area contributed by atoms with Crippen LogP contribution < -0.4 is 5.32 Å². The Balaban J connectivity index is 2.09. The molecule has 0 aromatic heterocycles. The number of carbonyl (C=O) groups excluding carboxylic acids is 2. The van der Waals surface area contributed by atoms with Gasteiger partial charge in [0.15, 0.2) is 5.70 Å². The van der Waals surface area contributed by atoms with E-state index in [1.807, 2.05) is 0 Å². The zero-order chi connectivity index (χ0) is 18.2. The highest BCUT2D eigenvalue weighted by molar-refractivity contribution is 8.01. The number of halogens is 3. The van der Waals surface area contributed by atoms with Crippen LogP contribution in [0.4, 0.5) is 13.2 Å². The van der Waals surface area contributed by atoms with Gasteiger partial charge in [-0.3, -0.25) is 14.5 Å². The first-order chi connectivity index (χ1) is 11.1. The summed E-state index contributed by atoms with van der Waals surface area (Å²) in [4.78, 5) is 36.1. The van der Waals surface area contributed by atoms with Crippen LogP contribution in [0.5, 0.6) is 0 Å². The zero-order valence-electron chi connectivity index (χ0n) is 12.4. The largest absolute Gasteiger partial charge is 0.497 e. The monoisotopic (exact) mass is 386 g/mol. The maximum Gasteiger partial charge on any atom is 0.442 e. The Labute approximate surface area is 142 Å². The molecule has 1 saturated heterocycles. The Bertz CT molecular complexity index is 610. The Morgan fingerprint density at radius 2 is 2.08 bits per heavy atom. The van der Waals surface area contributed by atoms with Crippen LogP contribution in [0.25, 0.3) is 0 Å². The second-order valence-corrected chi connectivity index (χ2v) is 7.38. The minimum Gasteiger partial charge on any atom is -0.497 e. The van der Waals surface area contributed by atoms with Crippen molar-refractivity contribution in [3.63, 3.8) is 0 Å². The second kappa shape index (κ2) is 6.75. The Kier molecular flexibility index (Phi) is 5.28. The van der Waals surface area contributed by atoms with Crippen molar-refractivity contribution in [3.05, 3.63) is 11.5 Å². The summed E-state index contributed by atoms with van der Waals surface area (Å²) in [6.45, 7) is 1.67. The molecule has 2 N–H and O–H groups in total. The molecule has 12 heteroatoms. The van der Waals surface area contributed by atoms with E-state index in [4.69, 9.17) is 4.74 Å². The maximum atomic E-state index is 12.1. The fraction of sp³-hybridized carbons (Fsp3) is 0.583. The van der Waals surface area contributed by atoms with Gasteiger partial charge in [-0.2, -0.15) is 13.2 Å².